The van der Waals surface area contributed by atoms with Crippen molar-refractivity contribution in [2.24, 2.45) is 0 Å². The zero-order valence-electron chi connectivity index (χ0n) is 14.1. The molecule has 4 aromatic rings. The lowest BCUT2D eigenvalue weighted by molar-refractivity contribution is -0.577. The van der Waals surface area contributed by atoms with Crippen LogP contribution in [0.25, 0.3) is 21.8 Å². The Labute approximate surface area is 156 Å². The van der Waals surface area contributed by atoms with Crippen LogP contribution in [0.15, 0.2) is 71.7 Å². The molecule has 0 amide bonds. The quantitative estimate of drug-likeness (QED) is 0.245. The van der Waals surface area contributed by atoms with E-state index in [0.717, 1.165) is 0 Å². The van der Waals surface area contributed by atoms with Gasteiger partial charge in [0.2, 0.25) is 11.1 Å². The molecule has 2 aromatic carbocycles. The van der Waals surface area contributed by atoms with E-state index in [0.29, 0.717) is 26.5 Å². The van der Waals surface area contributed by atoms with Crippen molar-refractivity contribution in [3.63, 3.8) is 0 Å². The summed E-state index contributed by atoms with van der Waals surface area (Å²) in [6, 6.07) is 14.6. The van der Waals surface area contributed by atoms with E-state index in [9.17, 15) is 30.2 Å². The van der Waals surface area contributed by atoms with Crippen LogP contribution in [0.3, 0.4) is 0 Å². The summed E-state index contributed by atoms with van der Waals surface area (Å²) in [7, 11) is 0. The molecule has 28 heavy (non-hydrogen) atoms. The Morgan fingerprint density at radius 1 is 0.821 bits per heavy atom. The third kappa shape index (κ3) is 3.90. The Morgan fingerprint density at radius 2 is 1.46 bits per heavy atom. The number of nitrogens with one attached hydrogen (secondary N) is 1. The molecule has 2 heterocycles. The molecular formula is C18H12N4O6. The van der Waals surface area contributed by atoms with Crippen LogP contribution in [-0.4, -0.2) is 14.8 Å². The highest BCUT2D eigenvalue weighted by molar-refractivity contribution is 5.80. The highest BCUT2D eigenvalue weighted by atomic mass is 16.6. The third-order valence-electron chi connectivity index (χ3n) is 3.87. The van der Waals surface area contributed by atoms with Gasteiger partial charge in [-0.3, -0.25) is 25.0 Å². The van der Waals surface area contributed by atoms with Gasteiger partial charge in [0.05, 0.1) is 15.2 Å². The Kier molecular flexibility index (Phi) is 4.94. The van der Waals surface area contributed by atoms with Crippen molar-refractivity contribution >= 4 is 33.2 Å². The van der Waals surface area contributed by atoms with E-state index in [1.54, 1.807) is 18.2 Å². The number of hydrogen-bond donors (Lipinski definition) is 1. The summed E-state index contributed by atoms with van der Waals surface area (Å²) < 4.78 is 0.680. The first-order chi connectivity index (χ1) is 13.3. The Hall–Kier alpha value is -4.34. The van der Waals surface area contributed by atoms with E-state index in [1.807, 2.05) is 0 Å². The molecule has 140 valence electrons. The minimum Gasteiger partial charge on any atom is -0.618 e. The molecule has 0 spiro atoms. The number of benzene rings is 2. The Balaban J connectivity index is 0.000000161. The number of aromatic amines is 1. The SMILES string of the molecule is O=[N+]([O-])c1ccc2c(ccc[n+]2[O-])c1.O=c1ccc2cc([N+](=O)[O-])ccc2[nH]1. The lowest BCUT2D eigenvalue weighted by atomic mass is 10.2. The maximum atomic E-state index is 11.2. The summed E-state index contributed by atoms with van der Waals surface area (Å²) in [5, 5.41) is 33.3. The molecular weight excluding hydrogens is 368 g/mol. The van der Waals surface area contributed by atoms with Gasteiger partial charge in [0.15, 0.2) is 6.20 Å². The average molecular weight is 380 g/mol. The number of fused-ring (bicyclic) bond motifs is 2. The number of nitrogens with zero attached hydrogens (tertiary/aromatic N) is 3. The number of non-ortho nitro benzene ring substituents is 2. The van der Waals surface area contributed by atoms with Crippen molar-refractivity contribution in [2.45, 2.75) is 0 Å². The largest absolute Gasteiger partial charge is 0.618 e. The van der Waals surface area contributed by atoms with Gasteiger partial charge in [0, 0.05) is 53.4 Å². The van der Waals surface area contributed by atoms with Gasteiger partial charge in [-0.15, -0.1) is 0 Å². The second-order valence-electron chi connectivity index (χ2n) is 5.69. The molecule has 0 fully saturated rings. The van der Waals surface area contributed by atoms with Crippen molar-refractivity contribution in [3.05, 3.63) is 103 Å². The molecule has 0 aliphatic carbocycles. The smallest absolute Gasteiger partial charge is 0.270 e. The molecule has 2 aromatic heterocycles. The Bertz CT molecular complexity index is 1270. The molecule has 10 heteroatoms. The number of aromatic nitrogens is 2. The van der Waals surface area contributed by atoms with E-state index in [1.165, 1.54) is 48.7 Å². The maximum absolute atomic E-state index is 11.2. The van der Waals surface area contributed by atoms with E-state index < -0.39 is 9.85 Å². The molecule has 0 bridgehead atoms. The molecule has 0 atom stereocenters. The molecule has 4 rings (SSSR count). The van der Waals surface area contributed by atoms with E-state index >= 15 is 0 Å². The molecule has 0 aliphatic rings. The number of rotatable bonds is 2. The number of pyridine rings is 2. The summed E-state index contributed by atoms with van der Waals surface area (Å²) in [6.45, 7) is 0. The fourth-order valence-corrected chi connectivity index (χ4v) is 2.55. The fraction of sp³-hybridized carbons (Fsp3) is 0. The highest BCUT2D eigenvalue weighted by Gasteiger charge is 2.09. The van der Waals surface area contributed by atoms with Crippen LogP contribution in [0.5, 0.6) is 0 Å². The topological polar surface area (TPSA) is 146 Å². The standard InChI is InChI=1S/2C9H6N2O3/c12-9-4-1-6-5-7(11(13)14)2-3-8(6)10-9;12-10-5-1-2-7-6-8(11(13)14)3-4-9(7)10/h1-5H,(H,10,12);1-6H. The van der Waals surface area contributed by atoms with Gasteiger partial charge in [-0.2, -0.15) is 4.73 Å². The molecule has 10 nitrogen and oxygen atoms in total. The van der Waals surface area contributed by atoms with Gasteiger partial charge >= 0.3 is 0 Å². The maximum Gasteiger partial charge on any atom is 0.270 e. The van der Waals surface area contributed by atoms with Gasteiger partial charge in [0.1, 0.15) is 0 Å². The summed E-state index contributed by atoms with van der Waals surface area (Å²) in [4.78, 5) is 33.4. The van der Waals surface area contributed by atoms with Crippen LogP contribution in [0.2, 0.25) is 0 Å². The van der Waals surface area contributed by atoms with Crippen LogP contribution in [0.1, 0.15) is 0 Å². The van der Waals surface area contributed by atoms with Crippen molar-refractivity contribution in [1.29, 1.82) is 0 Å². The van der Waals surface area contributed by atoms with Crippen LogP contribution < -0.4 is 10.3 Å². The molecule has 0 radical (unpaired) electrons. The zero-order valence-corrected chi connectivity index (χ0v) is 14.1. The first-order valence-electron chi connectivity index (χ1n) is 7.89. The van der Waals surface area contributed by atoms with Gasteiger partial charge in [-0.05, 0) is 18.2 Å². The minimum absolute atomic E-state index is 0.0105. The second kappa shape index (κ2) is 7.50. The van der Waals surface area contributed by atoms with Gasteiger partial charge in [-0.25, -0.2) is 0 Å². The number of nitro groups is 2. The van der Waals surface area contributed by atoms with Crippen LogP contribution in [-0.2, 0) is 0 Å². The molecule has 0 aliphatic heterocycles. The van der Waals surface area contributed by atoms with Crippen LogP contribution in [0, 0.1) is 25.4 Å². The summed E-state index contributed by atoms with van der Waals surface area (Å²) in [5.41, 5.74) is 0.820. The van der Waals surface area contributed by atoms with E-state index in [2.05, 4.69) is 4.98 Å². The normalized spacial score (nSPS) is 10.3. The van der Waals surface area contributed by atoms with Gasteiger partial charge in [-0.1, -0.05) is 0 Å². The first kappa shape index (κ1) is 18.5. The van der Waals surface area contributed by atoms with Crippen molar-refractivity contribution in [1.82, 2.24) is 4.98 Å². The number of hydrogen-bond acceptors (Lipinski definition) is 6. The lowest BCUT2D eigenvalue weighted by Crippen LogP contribution is -2.25. The summed E-state index contributed by atoms with van der Waals surface area (Å²) in [6.07, 6.45) is 1.36. The molecule has 0 saturated heterocycles. The predicted molar refractivity (Wildman–Crippen MR) is 101 cm³/mol. The third-order valence-corrected chi connectivity index (χ3v) is 3.87. The first-order valence-corrected chi connectivity index (χ1v) is 7.89. The lowest BCUT2D eigenvalue weighted by Gasteiger charge is -1.99. The second-order valence-corrected chi connectivity index (χ2v) is 5.69. The minimum atomic E-state index is -0.485. The zero-order chi connectivity index (χ0) is 20.3. The number of nitro benzene ring substituents is 2. The summed E-state index contributed by atoms with van der Waals surface area (Å²) in [5.74, 6) is 0. The predicted octanol–water partition coefficient (Wildman–Crippen LogP) is 2.82. The molecule has 0 unspecified atom stereocenters. The van der Waals surface area contributed by atoms with Gasteiger partial charge in [0.25, 0.3) is 11.4 Å². The number of H-pyrrole nitrogens is 1. The van der Waals surface area contributed by atoms with E-state index in [-0.39, 0.29) is 16.9 Å². The molecule has 0 saturated carbocycles. The molecule has 1 N–H and O–H groups in total. The average Bonchev–Trinajstić information content (AvgIpc) is 2.68. The fourth-order valence-electron chi connectivity index (χ4n) is 2.55. The van der Waals surface area contributed by atoms with Crippen molar-refractivity contribution in [2.75, 3.05) is 0 Å². The van der Waals surface area contributed by atoms with Gasteiger partial charge < -0.3 is 10.2 Å². The van der Waals surface area contributed by atoms with Crippen LogP contribution in [0.4, 0.5) is 11.4 Å². The Morgan fingerprint density at radius 3 is 2.14 bits per heavy atom. The van der Waals surface area contributed by atoms with Crippen LogP contribution >= 0.6 is 0 Å². The van der Waals surface area contributed by atoms with Crippen molar-refractivity contribution in [3.8, 4) is 0 Å². The monoisotopic (exact) mass is 380 g/mol. The summed E-state index contributed by atoms with van der Waals surface area (Å²) >= 11 is 0. The van der Waals surface area contributed by atoms with E-state index in [4.69, 9.17) is 0 Å². The highest BCUT2D eigenvalue weighted by Crippen LogP contribution is 2.18. The van der Waals surface area contributed by atoms with Crippen molar-refractivity contribution < 1.29 is 14.6 Å².